The lowest BCUT2D eigenvalue weighted by Crippen LogP contribution is -2.19. The zero-order valence-corrected chi connectivity index (χ0v) is 10.7. The van der Waals surface area contributed by atoms with Gasteiger partial charge in [0.25, 0.3) is 0 Å². The van der Waals surface area contributed by atoms with E-state index in [0.717, 1.165) is 11.1 Å². The summed E-state index contributed by atoms with van der Waals surface area (Å²) < 4.78 is 0. The largest absolute Gasteiger partial charge is 0.390 e. The molecule has 0 aliphatic rings. The second-order valence-corrected chi connectivity index (χ2v) is 4.64. The molecule has 3 heteroatoms. The first-order chi connectivity index (χ1) is 7.06. The maximum Gasteiger partial charge on any atom is 0.105 e. The minimum Gasteiger partial charge on any atom is -0.390 e. The number of aryl methyl sites for hydroxylation is 2. The van der Waals surface area contributed by atoms with E-state index in [1.54, 1.807) is 0 Å². The van der Waals surface area contributed by atoms with Crippen molar-refractivity contribution < 1.29 is 10.2 Å². The predicted molar refractivity (Wildman–Crippen MR) is 65.3 cm³/mol. The second-order valence-electron chi connectivity index (χ2n) is 3.85. The van der Waals surface area contributed by atoms with Crippen molar-refractivity contribution in [1.82, 2.24) is 0 Å². The van der Waals surface area contributed by atoms with Crippen molar-refractivity contribution >= 4 is 15.9 Å². The molecule has 2 atom stereocenters. The smallest absolute Gasteiger partial charge is 0.105 e. The predicted octanol–water partition coefficient (Wildman–Crippen LogP) is 2.48. The topological polar surface area (TPSA) is 40.5 Å². The Kier molecular flexibility index (Phi) is 4.77. The van der Waals surface area contributed by atoms with Crippen molar-refractivity contribution in [2.45, 2.75) is 32.5 Å². The van der Waals surface area contributed by atoms with Crippen LogP contribution < -0.4 is 0 Å². The molecule has 0 radical (unpaired) electrons. The summed E-state index contributed by atoms with van der Waals surface area (Å²) in [4.78, 5) is 0. The molecule has 2 unspecified atom stereocenters. The van der Waals surface area contributed by atoms with Gasteiger partial charge in [0.05, 0.1) is 6.10 Å². The third-order valence-electron chi connectivity index (χ3n) is 2.51. The van der Waals surface area contributed by atoms with Crippen molar-refractivity contribution in [3.05, 3.63) is 34.9 Å². The molecule has 0 saturated carbocycles. The number of rotatable bonds is 4. The highest BCUT2D eigenvalue weighted by atomic mass is 79.9. The van der Waals surface area contributed by atoms with Crippen LogP contribution in [0.2, 0.25) is 0 Å². The number of hydrogen-bond donors (Lipinski definition) is 2. The third kappa shape index (κ3) is 3.30. The van der Waals surface area contributed by atoms with E-state index in [0.29, 0.717) is 11.8 Å². The van der Waals surface area contributed by atoms with Crippen molar-refractivity contribution in [1.29, 1.82) is 0 Å². The van der Waals surface area contributed by atoms with Gasteiger partial charge in [-0.05, 0) is 31.4 Å². The summed E-state index contributed by atoms with van der Waals surface area (Å²) in [5.74, 6) is 0. The van der Waals surface area contributed by atoms with Gasteiger partial charge >= 0.3 is 0 Å². The fraction of sp³-hybridized carbons (Fsp3) is 0.500. The van der Waals surface area contributed by atoms with Crippen LogP contribution in [0.3, 0.4) is 0 Å². The van der Waals surface area contributed by atoms with E-state index < -0.39 is 12.2 Å². The van der Waals surface area contributed by atoms with E-state index in [9.17, 15) is 10.2 Å². The van der Waals surface area contributed by atoms with Crippen LogP contribution in [0.15, 0.2) is 18.2 Å². The van der Waals surface area contributed by atoms with Gasteiger partial charge in [0, 0.05) is 5.33 Å². The van der Waals surface area contributed by atoms with Gasteiger partial charge in [0.2, 0.25) is 0 Å². The third-order valence-corrected chi connectivity index (χ3v) is 2.97. The second kappa shape index (κ2) is 5.64. The molecule has 1 aromatic carbocycles. The Morgan fingerprint density at radius 2 is 1.93 bits per heavy atom. The average Bonchev–Trinajstić information content (AvgIpc) is 2.17. The molecule has 0 heterocycles. The number of alkyl halides is 1. The average molecular weight is 273 g/mol. The lowest BCUT2D eigenvalue weighted by molar-refractivity contribution is 0.0170. The molecule has 0 aliphatic carbocycles. The molecule has 84 valence electrons. The van der Waals surface area contributed by atoms with Crippen molar-refractivity contribution in [3.8, 4) is 0 Å². The Labute approximate surface area is 99.1 Å². The summed E-state index contributed by atoms with van der Waals surface area (Å²) >= 11 is 3.25. The highest BCUT2D eigenvalue weighted by molar-refractivity contribution is 9.09. The summed E-state index contributed by atoms with van der Waals surface area (Å²) in [7, 11) is 0. The Morgan fingerprint density at radius 3 is 2.47 bits per heavy atom. The van der Waals surface area contributed by atoms with Gasteiger partial charge in [0.1, 0.15) is 6.10 Å². The summed E-state index contributed by atoms with van der Waals surface area (Å²) in [5.41, 5.74) is 3.00. The van der Waals surface area contributed by atoms with E-state index in [4.69, 9.17) is 0 Å². The van der Waals surface area contributed by atoms with Gasteiger partial charge < -0.3 is 10.2 Å². The van der Waals surface area contributed by atoms with E-state index in [1.807, 2.05) is 32.0 Å². The van der Waals surface area contributed by atoms with Crippen LogP contribution in [0.1, 0.15) is 29.2 Å². The van der Waals surface area contributed by atoms with E-state index in [-0.39, 0.29) is 0 Å². The number of benzene rings is 1. The highest BCUT2D eigenvalue weighted by Crippen LogP contribution is 2.23. The molecule has 0 aromatic heterocycles. The Balaban J connectivity index is 2.86. The summed E-state index contributed by atoms with van der Waals surface area (Å²) in [6, 6.07) is 5.85. The Morgan fingerprint density at radius 1 is 1.27 bits per heavy atom. The molecule has 0 saturated heterocycles. The normalized spacial score (nSPS) is 15.0. The van der Waals surface area contributed by atoms with Gasteiger partial charge in [0.15, 0.2) is 0 Å². The minimum atomic E-state index is -0.789. The summed E-state index contributed by atoms with van der Waals surface area (Å²) in [5, 5.41) is 20.3. The first kappa shape index (κ1) is 12.7. The van der Waals surface area contributed by atoms with Crippen molar-refractivity contribution in [2.24, 2.45) is 0 Å². The van der Waals surface area contributed by atoms with Crippen LogP contribution in [0, 0.1) is 13.8 Å². The number of aliphatic hydroxyl groups is 2. The lowest BCUT2D eigenvalue weighted by atomic mass is 9.97. The van der Waals surface area contributed by atoms with Gasteiger partial charge in [-0.25, -0.2) is 0 Å². The molecule has 15 heavy (non-hydrogen) atoms. The van der Waals surface area contributed by atoms with Crippen LogP contribution in [0.4, 0.5) is 0 Å². The van der Waals surface area contributed by atoms with Crippen LogP contribution >= 0.6 is 15.9 Å². The van der Waals surface area contributed by atoms with Crippen molar-refractivity contribution in [3.63, 3.8) is 0 Å². The number of aliphatic hydroxyl groups excluding tert-OH is 2. The van der Waals surface area contributed by atoms with Gasteiger partial charge in [-0.2, -0.15) is 0 Å². The van der Waals surface area contributed by atoms with Gasteiger partial charge in [-0.1, -0.05) is 39.7 Å². The maximum absolute atomic E-state index is 9.92. The lowest BCUT2D eigenvalue weighted by Gasteiger charge is -2.19. The van der Waals surface area contributed by atoms with E-state index in [1.165, 1.54) is 5.56 Å². The minimum absolute atomic E-state index is 0.550. The zero-order chi connectivity index (χ0) is 11.4. The first-order valence-corrected chi connectivity index (χ1v) is 6.17. The Hall–Kier alpha value is -0.380. The van der Waals surface area contributed by atoms with Crippen LogP contribution in [-0.2, 0) is 0 Å². The first-order valence-electron chi connectivity index (χ1n) is 5.05. The molecular formula is C12H17BrO2. The molecular weight excluding hydrogens is 256 g/mol. The van der Waals surface area contributed by atoms with Crippen LogP contribution in [-0.4, -0.2) is 21.6 Å². The molecule has 0 aliphatic heterocycles. The molecule has 2 N–H and O–H groups in total. The quantitative estimate of drug-likeness (QED) is 0.827. The monoisotopic (exact) mass is 272 g/mol. The fourth-order valence-corrected chi connectivity index (χ4v) is 2.10. The molecule has 2 nitrogen and oxygen atoms in total. The van der Waals surface area contributed by atoms with E-state index >= 15 is 0 Å². The molecule has 1 rings (SSSR count). The molecule has 0 bridgehead atoms. The summed E-state index contributed by atoms with van der Waals surface area (Å²) in [6.45, 7) is 3.96. The van der Waals surface area contributed by atoms with Crippen LogP contribution in [0.25, 0.3) is 0 Å². The molecule has 1 aromatic rings. The van der Waals surface area contributed by atoms with Crippen LogP contribution in [0.5, 0.6) is 0 Å². The highest BCUT2D eigenvalue weighted by Gasteiger charge is 2.19. The van der Waals surface area contributed by atoms with Crippen molar-refractivity contribution in [2.75, 3.05) is 5.33 Å². The fourth-order valence-electron chi connectivity index (χ4n) is 1.63. The molecule has 0 spiro atoms. The van der Waals surface area contributed by atoms with E-state index in [2.05, 4.69) is 15.9 Å². The SMILES string of the molecule is Cc1ccc(C(O)C(O)CCBr)c(C)c1. The zero-order valence-electron chi connectivity index (χ0n) is 9.07. The van der Waals surface area contributed by atoms with Gasteiger partial charge in [-0.3, -0.25) is 0 Å². The molecule has 0 fully saturated rings. The van der Waals surface area contributed by atoms with Gasteiger partial charge in [-0.15, -0.1) is 0 Å². The number of hydrogen-bond acceptors (Lipinski definition) is 2. The maximum atomic E-state index is 9.92. The number of halogens is 1. The summed E-state index contributed by atoms with van der Waals surface area (Å²) in [6.07, 6.45) is -0.942. The Bertz CT molecular complexity index is 325. The standard InChI is InChI=1S/C12H17BrO2/c1-8-3-4-10(9(2)7-8)12(15)11(14)5-6-13/h3-4,7,11-12,14-15H,5-6H2,1-2H3. The molecule has 0 amide bonds.